The van der Waals surface area contributed by atoms with Gasteiger partial charge in [-0.2, -0.15) is 0 Å². The molecule has 35 heavy (non-hydrogen) atoms. The lowest BCUT2D eigenvalue weighted by Crippen LogP contribution is -2.22. The molecule has 2 amide bonds. The molecule has 8 nitrogen and oxygen atoms in total. The number of hydrogen-bond acceptors (Lipinski definition) is 6. The number of benzene rings is 3. The van der Waals surface area contributed by atoms with Gasteiger partial charge in [-0.05, 0) is 42.0 Å². The predicted octanol–water partition coefficient (Wildman–Crippen LogP) is 5.44. The molecule has 0 aliphatic carbocycles. The lowest BCUT2D eigenvalue weighted by molar-refractivity contribution is -0.134. The van der Waals surface area contributed by atoms with Crippen molar-refractivity contribution in [3.63, 3.8) is 0 Å². The highest BCUT2D eigenvalue weighted by Crippen LogP contribution is 2.26. The average Bonchev–Trinajstić information content (AvgIpc) is 2.86. The van der Waals surface area contributed by atoms with Gasteiger partial charge in [-0.15, -0.1) is 10.2 Å². The molecule has 176 valence electrons. The monoisotopic (exact) mass is 487 g/mol. The van der Waals surface area contributed by atoms with Gasteiger partial charge in [0.15, 0.2) is 11.6 Å². The second-order valence-corrected chi connectivity index (χ2v) is 8.02. The molecule has 9 heteroatoms. The number of ether oxygens (including phenoxy) is 1. The Morgan fingerprint density at radius 1 is 0.886 bits per heavy atom. The molecule has 0 radical (unpaired) electrons. The smallest absolute Gasteiger partial charge is 0.325 e. The molecule has 0 fully saturated rings. The Labute approximate surface area is 207 Å². The number of urea groups is 1. The number of nitrogens with two attached hydrogens (primary N) is 1. The van der Waals surface area contributed by atoms with Crippen LogP contribution in [0.1, 0.15) is 18.0 Å². The molecule has 1 aromatic heterocycles. The first-order valence-electron chi connectivity index (χ1n) is 10.8. The van der Waals surface area contributed by atoms with E-state index in [1.807, 2.05) is 30.3 Å². The molecule has 0 spiro atoms. The van der Waals surface area contributed by atoms with Gasteiger partial charge in [0.2, 0.25) is 0 Å². The van der Waals surface area contributed by atoms with E-state index in [4.69, 9.17) is 22.1 Å². The number of hydrogen-bond donors (Lipinski definition) is 3. The van der Waals surface area contributed by atoms with E-state index < -0.39 is 18.0 Å². The van der Waals surface area contributed by atoms with Crippen LogP contribution in [-0.2, 0) is 4.79 Å². The summed E-state index contributed by atoms with van der Waals surface area (Å²) in [5.74, 6) is -0.0879. The summed E-state index contributed by atoms with van der Waals surface area (Å²) in [6.07, 6.45) is -0.0653. The summed E-state index contributed by atoms with van der Waals surface area (Å²) in [5.41, 5.74) is 8.75. The van der Waals surface area contributed by atoms with E-state index in [1.54, 1.807) is 60.7 Å². The maximum Gasteiger partial charge on any atom is 0.325 e. The van der Waals surface area contributed by atoms with E-state index in [0.717, 1.165) is 11.1 Å². The van der Waals surface area contributed by atoms with Crippen molar-refractivity contribution >= 4 is 35.1 Å². The molecular weight excluding hydrogens is 466 g/mol. The van der Waals surface area contributed by atoms with Crippen LogP contribution >= 0.6 is 11.6 Å². The normalized spacial score (nSPS) is 11.4. The Morgan fingerprint density at radius 2 is 1.66 bits per heavy atom. The quantitative estimate of drug-likeness (QED) is 0.236. The van der Waals surface area contributed by atoms with Gasteiger partial charge in [-0.3, -0.25) is 10.1 Å². The molecule has 4 aromatic rings. The van der Waals surface area contributed by atoms with Crippen LogP contribution in [0, 0.1) is 0 Å². The van der Waals surface area contributed by atoms with E-state index >= 15 is 0 Å². The number of nitrogens with zero attached hydrogens (tertiary/aromatic N) is 2. The highest BCUT2D eigenvalue weighted by Gasteiger charge is 2.16. The topological polar surface area (TPSA) is 119 Å². The molecule has 0 aliphatic heterocycles. The molecule has 0 bridgehead atoms. The van der Waals surface area contributed by atoms with Crippen LogP contribution in [-0.4, -0.2) is 22.2 Å². The number of para-hydroxylation sites is 2. The molecule has 4 rings (SSSR count). The van der Waals surface area contributed by atoms with Crippen molar-refractivity contribution in [3.05, 3.63) is 102 Å². The first-order chi connectivity index (χ1) is 17.0. The van der Waals surface area contributed by atoms with Crippen LogP contribution in [0.25, 0.3) is 11.3 Å². The van der Waals surface area contributed by atoms with Crippen LogP contribution in [0.5, 0.6) is 5.75 Å². The maximum absolute atomic E-state index is 12.5. The highest BCUT2D eigenvalue weighted by atomic mass is 35.5. The van der Waals surface area contributed by atoms with Crippen molar-refractivity contribution in [2.24, 2.45) is 5.73 Å². The number of aromatic nitrogens is 2. The van der Waals surface area contributed by atoms with Crippen LogP contribution < -0.4 is 21.1 Å². The Bertz CT molecular complexity index is 1320. The Balaban J connectivity index is 1.36. The third-order valence-electron chi connectivity index (χ3n) is 5.00. The van der Waals surface area contributed by atoms with Gasteiger partial charge in [0, 0.05) is 16.6 Å². The predicted molar refractivity (Wildman–Crippen MR) is 135 cm³/mol. The lowest BCUT2D eigenvalue weighted by Gasteiger charge is -2.14. The first kappa shape index (κ1) is 23.9. The summed E-state index contributed by atoms with van der Waals surface area (Å²) in [6, 6.07) is 25.4. The number of anilines is 2. The van der Waals surface area contributed by atoms with E-state index in [0.29, 0.717) is 16.4 Å². The summed E-state index contributed by atoms with van der Waals surface area (Å²) in [5, 5.41) is 14.0. The average molecular weight is 488 g/mol. The van der Waals surface area contributed by atoms with E-state index in [9.17, 15) is 9.59 Å². The molecule has 3 aromatic carbocycles. The number of carbonyl (C=O) groups is 2. The van der Waals surface area contributed by atoms with Gasteiger partial charge in [0.1, 0.15) is 0 Å². The van der Waals surface area contributed by atoms with Gasteiger partial charge in [0.25, 0.3) is 0 Å². The van der Waals surface area contributed by atoms with Crippen molar-refractivity contribution in [2.75, 3.05) is 10.6 Å². The van der Waals surface area contributed by atoms with E-state index in [1.165, 1.54) is 0 Å². The fourth-order valence-corrected chi connectivity index (χ4v) is 3.49. The number of halogens is 1. The van der Waals surface area contributed by atoms with Crippen LogP contribution in [0.2, 0.25) is 5.02 Å². The van der Waals surface area contributed by atoms with Crippen molar-refractivity contribution in [1.29, 1.82) is 0 Å². The Hall–Kier alpha value is -4.27. The summed E-state index contributed by atoms with van der Waals surface area (Å²) in [6.45, 7) is 0. The summed E-state index contributed by atoms with van der Waals surface area (Å²) in [4.78, 5) is 25.0. The fraction of sp³-hybridized carbons (Fsp3) is 0.0769. The molecule has 1 heterocycles. The van der Waals surface area contributed by atoms with Gasteiger partial charge in [-0.25, -0.2) is 4.79 Å². The molecule has 4 N–H and O–H groups in total. The minimum Gasteiger partial charge on any atom is -0.424 e. The summed E-state index contributed by atoms with van der Waals surface area (Å²) in [7, 11) is 0. The van der Waals surface area contributed by atoms with E-state index in [2.05, 4.69) is 20.8 Å². The van der Waals surface area contributed by atoms with Crippen LogP contribution in [0.3, 0.4) is 0 Å². The van der Waals surface area contributed by atoms with Crippen molar-refractivity contribution in [2.45, 2.75) is 12.5 Å². The van der Waals surface area contributed by atoms with Crippen molar-refractivity contribution in [3.8, 4) is 17.0 Å². The largest absolute Gasteiger partial charge is 0.424 e. The lowest BCUT2D eigenvalue weighted by atomic mass is 10.1. The number of esters is 1. The van der Waals surface area contributed by atoms with Gasteiger partial charge in [0.05, 0.1) is 17.8 Å². The zero-order valence-corrected chi connectivity index (χ0v) is 19.3. The number of nitrogens with one attached hydrogen (secondary N) is 2. The molecule has 0 saturated carbocycles. The minimum atomic E-state index is -0.581. The van der Waals surface area contributed by atoms with Crippen LogP contribution in [0.4, 0.5) is 16.3 Å². The number of carbonyl (C=O) groups excluding carboxylic acids is 2. The molecule has 0 saturated heterocycles. The van der Waals surface area contributed by atoms with Gasteiger partial charge >= 0.3 is 12.0 Å². The van der Waals surface area contributed by atoms with Crippen molar-refractivity contribution < 1.29 is 14.3 Å². The zero-order chi connectivity index (χ0) is 24.6. The molecule has 1 atom stereocenters. The second kappa shape index (κ2) is 11.2. The van der Waals surface area contributed by atoms with E-state index in [-0.39, 0.29) is 18.0 Å². The Kier molecular flexibility index (Phi) is 7.67. The maximum atomic E-state index is 12.5. The highest BCUT2D eigenvalue weighted by molar-refractivity contribution is 6.30. The third-order valence-corrected chi connectivity index (χ3v) is 5.23. The van der Waals surface area contributed by atoms with Gasteiger partial charge < -0.3 is 15.8 Å². The SMILES string of the molecule is NC(CC(=O)Oc1ccccc1NC(=O)Nc1ccc(-c2ccccc2)nn1)c1cccc(Cl)c1. The molecular formula is C26H22ClN5O3. The minimum absolute atomic E-state index is 0.0653. The zero-order valence-electron chi connectivity index (χ0n) is 18.5. The number of amides is 2. The standard InChI is InChI=1S/C26H22ClN5O3/c27-19-10-6-9-18(15-19)20(28)16-25(33)35-23-12-5-4-11-22(23)29-26(34)30-24-14-13-21(31-32-24)17-7-2-1-3-8-17/h1-15,20H,16,28H2,(H2,29,30,32,34). The van der Waals surface area contributed by atoms with Crippen LogP contribution in [0.15, 0.2) is 91.0 Å². The van der Waals surface area contributed by atoms with Crippen molar-refractivity contribution in [1.82, 2.24) is 10.2 Å². The summed E-state index contributed by atoms with van der Waals surface area (Å²) >= 11 is 5.99. The first-order valence-corrected chi connectivity index (χ1v) is 11.1. The molecule has 0 aliphatic rings. The number of rotatable bonds is 7. The fourth-order valence-electron chi connectivity index (χ4n) is 3.29. The second-order valence-electron chi connectivity index (χ2n) is 7.58. The third kappa shape index (κ3) is 6.63. The van der Waals surface area contributed by atoms with Gasteiger partial charge in [-0.1, -0.05) is 66.2 Å². The Morgan fingerprint density at radius 3 is 2.40 bits per heavy atom. The molecule has 1 unspecified atom stereocenters. The summed E-state index contributed by atoms with van der Waals surface area (Å²) < 4.78 is 5.46.